The molecule has 2 aromatic carbocycles. The maximum atomic E-state index is 5.52. The summed E-state index contributed by atoms with van der Waals surface area (Å²) in [5.41, 5.74) is 5.58. The molecular weight excluding hydrogens is 258 g/mol. The molecule has 2 atom stereocenters. The Hall–Kier alpha value is -1.80. The molecule has 2 nitrogen and oxygen atoms in total. The van der Waals surface area contributed by atoms with E-state index in [0.717, 1.165) is 12.2 Å². The Kier molecular flexibility index (Phi) is 3.98. The third-order valence-corrected chi connectivity index (χ3v) is 4.63. The van der Waals surface area contributed by atoms with Gasteiger partial charge in [0.25, 0.3) is 0 Å². The highest BCUT2D eigenvalue weighted by Crippen LogP contribution is 2.38. The molecule has 2 heteroatoms. The quantitative estimate of drug-likeness (QED) is 0.906. The molecule has 0 aliphatic heterocycles. The van der Waals surface area contributed by atoms with Crippen LogP contribution in [0.3, 0.4) is 0 Å². The smallest absolute Gasteiger partial charge is 0.122 e. The van der Waals surface area contributed by atoms with E-state index in [1.807, 2.05) is 0 Å². The number of likely N-dealkylation sites (N-methyl/N-ethyl adjacent to an activating group) is 1. The first-order valence-electron chi connectivity index (χ1n) is 7.61. The Labute approximate surface area is 127 Å². The molecular formula is C19H23NO. The van der Waals surface area contributed by atoms with E-state index in [2.05, 4.69) is 61.8 Å². The van der Waals surface area contributed by atoms with Crippen LogP contribution >= 0.6 is 0 Å². The van der Waals surface area contributed by atoms with E-state index in [9.17, 15) is 0 Å². The standard InChI is InChI=1S/C19H23NO/c1-13-8-9-19(21-3)15(10-13)12-18(20-2)17-11-14-6-4-5-7-16(14)17/h4-10,17-18,20H,11-12H2,1-3H3. The molecule has 2 unspecified atom stereocenters. The number of methoxy groups -OCH3 is 1. The molecule has 0 bridgehead atoms. The lowest BCUT2D eigenvalue weighted by atomic mass is 9.72. The van der Waals surface area contributed by atoms with Gasteiger partial charge in [-0.1, -0.05) is 42.0 Å². The second-order valence-corrected chi connectivity index (χ2v) is 5.92. The van der Waals surface area contributed by atoms with E-state index < -0.39 is 0 Å². The summed E-state index contributed by atoms with van der Waals surface area (Å²) in [6.07, 6.45) is 2.18. The average Bonchev–Trinajstić information content (AvgIpc) is 2.47. The lowest BCUT2D eigenvalue weighted by Gasteiger charge is -2.36. The number of hydrogen-bond donors (Lipinski definition) is 1. The summed E-state index contributed by atoms with van der Waals surface area (Å²) in [7, 11) is 3.81. The second-order valence-electron chi connectivity index (χ2n) is 5.92. The van der Waals surface area contributed by atoms with Gasteiger partial charge in [0.1, 0.15) is 5.75 Å². The molecule has 1 aliphatic rings. The van der Waals surface area contributed by atoms with Crippen LogP contribution in [0.1, 0.15) is 28.2 Å². The number of fused-ring (bicyclic) bond motifs is 1. The minimum Gasteiger partial charge on any atom is -0.496 e. The molecule has 2 aromatic rings. The molecule has 0 spiro atoms. The highest BCUT2D eigenvalue weighted by molar-refractivity contribution is 5.43. The van der Waals surface area contributed by atoms with Gasteiger partial charge in [0, 0.05) is 12.0 Å². The van der Waals surface area contributed by atoms with Crippen molar-refractivity contribution in [2.75, 3.05) is 14.2 Å². The monoisotopic (exact) mass is 281 g/mol. The van der Waals surface area contributed by atoms with E-state index in [-0.39, 0.29) is 0 Å². The maximum absolute atomic E-state index is 5.52. The van der Waals surface area contributed by atoms with Gasteiger partial charge in [-0.2, -0.15) is 0 Å². The largest absolute Gasteiger partial charge is 0.496 e. The second kappa shape index (κ2) is 5.90. The van der Waals surface area contributed by atoms with E-state index in [4.69, 9.17) is 4.74 Å². The summed E-state index contributed by atoms with van der Waals surface area (Å²) < 4.78 is 5.52. The summed E-state index contributed by atoms with van der Waals surface area (Å²) >= 11 is 0. The maximum Gasteiger partial charge on any atom is 0.122 e. The van der Waals surface area contributed by atoms with Crippen molar-refractivity contribution < 1.29 is 4.74 Å². The molecule has 0 saturated heterocycles. The summed E-state index contributed by atoms with van der Waals surface area (Å²) in [5, 5.41) is 3.51. The Bertz CT molecular complexity index is 635. The fourth-order valence-electron chi connectivity index (χ4n) is 3.41. The van der Waals surface area contributed by atoms with Gasteiger partial charge in [-0.05, 0) is 49.6 Å². The predicted octanol–water partition coefficient (Wildman–Crippen LogP) is 3.47. The average molecular weight is 281 g/mol. The van der Waals surface area contributed by atoms with Gasteiger partial charge in [-0.25, -0.2) is 0 Å². The minimum absolute atomic E-state index is 0.454. The Morgan fingerprint density at radius 3 is 2.76 bits per heavy atom. The lowest BCUT2D eigenvalue weighted by molar-refractivity contribution is 0.391. The van der Waals surface area contributed by atoms with Crippen LogP contribution in [0.5, 0.6) is 5.75 Å². The normalized spacial score (nSPS) is 17.8. The molecule has 110 valence electrons. The van der Waals surface area contributed by atoms with Gasteiger partial charge in [-0.3, -0.25) is 0 Å². The molecule has 1 N–H and O–H groups in total. The van der Waals surface area contributed by atoms with Gasteiger partial charge in [0.15, 0.2) is 0 Å². The summed E-state index contributed by atoms with van der Waals surface area (Å²) in [4.78, 5) is 0. The Morgan fingerprint density at radius 1 is 1.24 bits per heavy atom. The van der Waals surface area contributed by atoms with Crippen LogP contribution in [0, 0.1) is 6.92 Å². The third-order valence-electron chi connectivity index (χ3n) is 4.63. The molecule has 0 fully saturated rings. The van der Waals surface area contributed by atoms with Crippen molar-refractivity contribution in [3.8, 4) is 5.75 Å². The molecule has 0 amide bonds. The summed E-state index contributed by atoms with van der Waals surface area (Å²) in [6.45, 7) is 2.13. The van der Waals surface area contributed by atoms with Crippen LogP contribution in [0.15, 0.2) is 42.5 Å². The molecule has 21 heavy (non-hydrogen) atoms. The first kappa shape index (κ1) is 14.2. The van der Waals surface area contributed by atoms with Crippen LogP contribution in [-0.2, 0) is 12.8 Å². The van der Waals surface area contributed by atoms with E-state index >= 15 is 0 Å². The van der Waals surface area contributed by atoms with Gasteiger partial charge < -0.3 is 10.1 Å². The van der Waals surface area contributed by atoms with Crippen LogP contribution in [-0.4, -0.2) is 20.2 Å². The SMILES string of the molecule is CNC(Cc1cc(C)ccc1OC)C1Cc2ccccc21. The van der Waals surface area contributed by atoms with E-state index in [1.54, 1.807) is 7.11 Å². The van der Waals surface area contributed by atoms with Crippen LogP contribution in [0.4, 0.5) is 0 Å². The summed E-state index contributed by atoms with van der Waals surface area (Å²) in [6, 6.07) is 15.7. The van der Waals surface area contributed by atoms with Crippen LogP contribution in [0.2, 0.25) is 0 Å². The van der Waals surface area contributed by atoms with E-state index in [0.29, 0.717) is 12.0 Å². The van der Waals surface area contributed by atoms with Crippen LogP contribution in [0.25, 0.3) is 0 Å². The number of rotatable bonds is 5. The van der Waals surface area contributed by atoms with Crippen molar-refractivity contribution in [1.29, 1.82) is 0 Å². The molecule has 0 heterocycles. The number of hydrogen-bond acceptors (Lipinski definition) is 2. The Morgan fingerprint density at radius 2 is 2.05 bits per heavy atom. The van der Waals surface area contributed by atoms with Crippen molar-refractivity contribution >= 4 is 0 Å². The minimum atomic E-state index is 0.454. The number of aryl methyl sites for hydroxylation is 1. The zero-order valence-corrected chi connectivity index (χ0v) is 13.0. The van der Waals surface area contributed by atoms with Gasteiger partial charge in [-0.15, -0.1) is 0 Å². The first-order valence-corrected chi connectivity index (χ1v) is 7.61. The highest BCUT2D eigenvalue weighted by Gasteiger charge is 2.32. The van der Waals surface area contributed by atoms with Gasteiger partial charge >= 0.3 is 0 Å². The van der Waals surface area contributed by atoms with Crippen molar-refractivity contribution in [3.05, 3.63) is 64.7 Å². The van der Waals surface area contributed by atoms with Crippen molar-refractivity contribution in [3.63, 3.8) is 0 Å². The van der Waals surface area contributed by atoms with Gasteiger partial charge in [0.2, 0.25) is 0 Å². The van der Waals surface area contributed by atoms with Crippen LogP contribution < -0.4 is 10.1 Å². The molecule has 0 aromatic heterocycles. The predicted molar refractivity (Wildman–Crippen MR) is 87.2 cm³/mol. The fourth-order valence-corrected chi connectivity index (χ4v) is 3.41. The molecule has 0 radical (unpaired) electrons. The van der Waals surface area contributed by atoms with Crippen molar-refractivity contribution in [2.24, 2.45) is 0 Å². The lowest BCUT2D eigenvalue weighted by Crippen LogP contribution is -2.39. The highest BCUT2D eigenvalue weighted by atomic mass is 16.5. The zero-order chi connectivity index (χ0) is 14.8. The topological polar surface area (TPSA) is 21.3 Å². The van der Waals surface area contributed by atoms with Gasteiger partial charge in [0.05, 0.1) is 7.11 Å². The fraction of sp³-hybridized carbons (Fsp3) is 0.368. The Balaban J connectivity index is 1.82. The molecule has 1 aliphatic carbocycles. The number of ether oxygens (including phenoxy) is 1. The molecule has 0 saturated carbocycles. The number of nitrogens with one attached hydrogen (secondary N) is 1. The van der Waals surface area contributed by atoms with E-state index in [1.165, 1.54) is 28.7 Å². The molecule has 3 rings (SSSR count). The van der Waals surface area contributed by atoms with Crippen molar-refractivity contribution in [2.45, 2.75) is 31.7 Å². The van der Waals surface area contributed by atoms with Crippen molar-refractivity contribution in [1.82, 2.24) is 5.32 Å². The number of benzene rings is 2. The zero-order valence-electron chi connectivity index (χ0n) is 13.0. The first-order chi connectivity index (χ1) is 10.2. The summed E-state index contributed by atoms with van der Waals surface area (Å²) in [5.74, 6) is 1.60. The third kappa shape index (κ3) is 2.68.